The maximum atomic E-state index is 5.73. The van der Waals surface area contributed by atoms with Crippen LogP contribution < -0.4 is 5.32 Å². The molecular weight excluding hydrogens is 190 g/mol. The summed E-state index contributed by atoms with van der Waals surface area (Å²) >= 11 is 0. The van der Waals surface area contributed by atoms with Crippen LogP contribution in [0.15, 0.2) is 12.4 Å². The fourth-order valence-electron chi connectivity index (χ4n) is 1.89. The highest BCUT2D eigenvalue weighted by atomic mass is 16.5. The zero-order chi connectivity index (χ0) is 10.7. The highest BCUT2D eigenvalue weighted by Gasteiger charge is 2.21. The van der Waals surface area contributed by atoms with Crippen LogP contribution in [0.3, 0.4) is 0 Å². The lowest BCUT2D eigenvalue weighted by Gasteiger charge is -2.11. The minimum atomic E-state index is 0.366. The predicted molar refractivity (Wildman–Crippen MR) is 60.0 cm³/mol. The van der Waals surface area contributed by atoms with Gasteiger partial charge in [0.25, 0.3) is 0 Å². The molecule has 0 amide bonds. The SMILES string of the molecule is CCn1cc(NCC2CCC(C)O2)cn1. The molecule has 1 aliphatic rings. The molecule has 1 aliphatic heterocycles. The fraction of sp³-hybridized carbons (Fsp3) is 0.727. The van der Waals surface area contributed by atoms with Gasteiger partial charge in [-0.05, 0) is 26.7 Å². The Morgan fingerprint density at radius 2 is 2.47 bits per heavy atom. The summed E-state index contributed by atoms with van der Waals surface area (Å²) in [5.41, 5.74) is 1.08. The van der Waals surface area contributed by atoms with E-state index in [-0.39, 0.29) is 0 Å². The summed E-state index contributed by atoms with van der Waals surface area (Å²) in [6.07, 6.45) is 7.02. The van der Waals surface area contributed by atoms with Gasteiger partial charge in [-0.25, -0.2) is 0 Å². The van der Waals surface area contributed by atoms with Crippen molar-refractivity contribution >= 4 is 5.69 Å². The number of aromatic nitrogens is 2. The van der Waals surface area contributed by atoms with Crippen LogP contribution in [-0.2, 0) is 11.3 Å². The van der Waals surface area contributed by atoms with Gasteiger partial charge in [0.2, 0.25) is 0 Å². The fourth-order valence-corrected chi connectivity index (χ4v) is 1.89. The van der Waals surface area contributed by atoms with E-state index in [0.29, 0.717) is 12.2 Å². The van der Waals surface area contributed by atoms with Crippen LogP contribution in [0, 0.1) is 0 Å². The Kier molecular flexibility index (Phi) is 3.26. The number of aryl methyl sites for hydroxylation is 1. The molecule has 4 heteroatoms. The quantitative estimate of drug-likeness (QED) is 0.823. The zero-order valence-electron chi connectivity index (χ0n) is 9.44. The summed E-state index contributed by atoms with van der Waals surface area (Å²) in [6, 6.07) is 0. The van der Waals surface area contributed by atoms with Crippen molar-refractivity contribution in [2.45, 2.75) is 45.4 Å². The van der Waals surface area contributed by atoms with Crippen LogP contribution in [0.2, 0.25) is 0 Å². The smallest absolute Gasteiger partial charge is 0.0751 e. The Bertz CT molecular complexity index is 311. The molecule has 0 aliphatic carbocycles. The van der Waals surface area contributed by atoms with Crippen LogP contribution >= 0.6 is 0 Å². The van der Waals surface area contributed by atoms with Crippen molar-refractivity contribution in [3.05, 3.63) is 12.4 Å². The predicted octanol–water partition coefficient (Wildman–Crippen LogP) is 1.88. The first-order valence-corrected chi connectivity index (χ1v) is 5.69. The first kappa shape index (κ1) is 10.5. The van der Waals surface area contributed by atoms with E-state index < -0.39 is 0 Å². The second-order valence-electron chi connectivity index (χ2n) is 4.11. The second-order valence-corrected chi connectivity index (χ2v) is 4.11. The van der Waals surface area contributed by atoms with E-state index in [1.165, 1.54) is 6.42 Å². The number of ether oxygens (including phenoxy) is 1. The van der Waals surface area contributed by atoms with Crippen molar-refractivity contribution in [1.29, 1.82) is 0 Å². The van der Waals surface area contributed by atoms with E-state index in [2.05, 4.69) is 24.3 Å². The van der Waals surface area contributed by atoms with Gasteiger partial charge in [0.15, 0.2) is 0 Å². The molecule has 2 heterocycles. The van der Waals surface area contributed by atoms with Crippen LogP contribution in [0.4, 0.5) is 5.69 Å². The Hall–Kier alpha value is -1.03. The van der Waals surface area contributed by atoms with E-state index in [4.69, 9.17) is 4.74 Å². The third kappa shape index (κ3) is 2.72. The van der Waals surface area contributed by atoms with Crippen molar-refractivity contribution in [3.8, 4) is 0 Å². The molecule has 1 fully saturated rings. The largest absolute Gasteiger partial charge is 0.380 e. The molecule has 1 aromatic rings. The molecule has 0 saturated carbocycles. The molecule has 0 aromatic carbocycles. The van der Waals surface area contributed by atoms with Gasteiger partial charge in [0, 0.05) is 19.3 Å². The Morgan fingerprint density at radius 1 is 1.60 bits per heavy atom. The molecule has 1 N–H and O–H groups in total. The molecule has 1 saturated heterocycles. The van der Waals surface area contributed by atoms with Gasteiger partial charge in [-0.2, -0.15) is 5.10 Å². The van der Waals surface area contributed by atoms with E-state index in [1.807, 2.05) is 17.1 Å². The van der Waals surface area contributed by atoms with Crippen molar-refractivity contribution in [2.75, 3.05) is 11.9 Å². The lowest BCUT2D eigenvalue weighted by Crippen LogP contribution is -2.19. The normalized spacial score (nSPS) is 25.7. The number of hydrogen-bond donors (Lipinski definition) is 1. The summed E-state index contributed by atoms with van der Waals surface area (Å²) < 4.78 is 7.64. The molecule has 0 spiro atoms. The van der Waals surface area contributed by atoms with Crippen LogP contribution in [0.5, 0.6) is 0 Å². The average Bonchev–Trinajstić information content (AvgIpc) is 2.83. The van der Waals surface area contributed by atoms with E-state index in [0.717, 1.165) is 25.2 Å². The molecule has 1 aromatic heterocycles. The lowest BCUT2D eigenvalue weighted by molar-refractivity contribution is 0.0637. The van der Waals surface area contributed by atoms with Crippen molar-refractivity contribution in [1.82, 2.24) is 9.78 Å². The standard InChI is InChI=1S/C11H19N3O/c1-3-14-8-10(6-13-14)12-7-11-5-4-9(2)15-11/h6,8-9,11-12H,3-5,7H2,1-2H3. The average molecular weight is 209 g/mol. The highest BCUT2D eigenvalue weighted by molar-refractivity contribution is 5.38. The van der Waals surface area contributed by atoms with Gasteiger partial charge < -0.3 is 10.1 Å². The molecule has 2 atom stereocenters. The Balaban J connectivity index is 1.77. The maximum Gasteiger partial charge on any atom is 0.0751 e. The highest BCUT2D eigenvalue weighted by Crippen LogP contribution is 2.19. The summed E-state index contributed by atoms with van der Waals surface area (Å²) in [5.74, 6) is 0. The third-order valence-electron chi connectivity index (χ3n) is 2.81. The van der Waals surface area contributed by atoms with Crippen molar-refractivity contribution < 1.29 is 4.74 Å². The minimum Gasteiger partial charge on any atom is -0.380 e. The first-order valence-electron chi connectivity index (χ1n) is 5.69. The van der Waals surface area contributed by atoms with Crippen LogP contribution in [0.25, 0.3) is 0 Å². The van der Waals surface area contributed by atoms with E-state index in [1.54, 1.807) is 0 Å². The molecule has 15 heavy (non-hydrogen) atoms. The Labute approximate surface area is 90.6 Å². The second kappa shape index (κ2) is 4.66. The van der Waals surface area contributed by atoms with Gasteiger partial charge in [-0.3, -0.25) is 4.68 Å². The van der Waals surface area contributed by atoms with Gasteiger partial charge in [-0.15, -0.1) is 0 Å². The summed E-state index contributed by atoms with van der Waals surface area (Å²) in [5, 5.41) is 7.56. The van der Waals surface area contributed by atoms with E-state index in [9.17, 15) is 0 Å². The Morgan fingerprint density at radius 3 is 3.07 bits per heavy atom. The van der Waals surface area contributed by atoms with Crippen molar-refractivity contribution in [2.24, 2.45) is 0 Å². The first-order chi connectivity index (χ1) is 7.28. The van der Waals surface area contributed by atoms with E-state index >= 15 is 0 Å². The molecule has 0 bridgehead atoms. The van der Waals surface area contributed by atoms with Gasteiger partial charge >= 0.3 is 0 Å². The topological polar surface area (TPSA) is 39.1 Å². The minimum absolute atomic E-state index is 0.366. The summed E-state index contributed by atoms with van der Waals surface area (Å²) in [7, 11) is 0. The number of rotatable bonds is 4. The van der Waals surface area contributed by atoms with Crippen LogP contribution in [-0.4, -0.2) is 28.5 Å². The number of anilines is 1. The molecule has 84 valence electrons. The third-order valence-corrected chi connectivity index (χ3v) is 2.81. The molecular formula is C11H19N3O. The van der Waals surface area contributed by atoms with Gasteiger partial charge in [0.1, 0.15) is 0 Å². The van der Waals surface area contributed by atoms with Crippen LogP contribution in [0.1, 0.15) is 26.7 Å². The molecule has 2 unspecified atom stereocenters. The number of hydrogen-bond acceptors (Lipinski definition) is 3. The number of nitrogens with one attached hydrogen (secondary N) is 1. The zero-order valence-corrected chi connectivity index (χ0v) is 9.44. The summed E-state index contributed by atoms with van der Waals surface area (Å²) in [6.45, 7) is 6.02. The maximum absolute atomic E-state index is 5.73. The van der Waals surface area contributed by atoms with Gasteiger partial charge in [-0.1, -0.05) is 0 Å². The molecule has 4 nitrogen and oxygen atoms in total. The summed E-state index contributed by atoms with van der Waals surface area (Å²) in [4.78, 5) is 0. The molecule has 0 radical (unpaired) electrons. The lowest BCUT2D eigenvalue weighted by atomic mass is 10.2. The van der Waals surface area contributed by atoms with Crippen molar-refractivity contribution in [3.63, 3.8) is 0 Å². The molecule has 2 rings (SSSR count). The number of nitrogens with zero attached hydrogens (tertiary/aromatic N) is 2. The van der Waals surface area contributed by atoms with Gasteiger partial charge in [0.05, 0.1) is 24.1 Å². The monoisotopic (exact) mass is 209 g/mol.